The van der Waals surface area contributed by atoms with E-state index in [9.17, 15) is 22.8 Å². The summed E-state index contributed by atoms with van der Waals surface area (Å²) in [6.07, 6.45) is -0.688. The van der Waals surface area contributed by atoms with E-state index in [2.05, 4.69) is 5.32 Å². The van der Waals surface area contributed by atoms with Gasteiger partial charge in [0.25, 0.3) is 11.6 Å². The lowest BCUT2D eigenvalue weighted by Gasteiger charge is -2.39. The predicted molar refractivity (Wildman–Crippen MR) is 119 cm³/mol. The first-order valence-electron chi connectivity index (χ1n) is 11.4. The van der Waals surface area contributed by atoms with Gasteiger partial charge in [0, 0.05) is 24.0 Å². The van der Waals surface area contributed by atoms with E-state index in [0.717, 1.165) is 30.5 Å². The fraction of sp³-hybridized carbons (Fsp3) is 0.440. The maximum Gasteiger partial charge on any atom is 0.416 e. The Balaban J connectivity index is 1.47. The van der Waals surface area contributed by atoms with Crippen molar-refractivity contribution in [3.63, 3.8) is 0 Å². The van der Waals surface area contributed by atoms with Crippen LogP contribution in [0.4, 0.5) is 13.2 Å². The molecular formula is C25H24ClF3N2O3. The molecule has 1 N–H and O–H groups in total. The summed E-state index contributed by atoms with van der Waals surface area (Å²) in [6, 6.07) is 11.4. The molecule has 180 valence electrons. The third-order valence-corrected chi connectivity index (χ3v) is 7.12. The van der Waals surface area contributed by atoms with E-state index < -0.39 is 28.8 Å². The van der Waals surface area contributed by atoms with Gasteiger partial charge in [-0.3, -0.25) is 14.5 Å². The van der Waals surface area contributed by atoms with Gasteiger partial charge in [0.15, 0.2) is 0 Å². The van der Waals surface area contributed by atoms with Gasteiger partial charge in [-0.05, 0) is 74.1 Å². The van der Waals surface area contributed by atoms with Gasteiger partial charge in [-0.1, -0.05) is 23.7 Å². The molecule has 34 heavy (non-hydrogen) atoms. The van der Waals surface area contributed by atoms with Crippen molar-refractivity contribution in [2.45, 2.75) is 61.9 Å². The van der Waals surface area contributed by atoms with Crippen LogP contribution in [-0.2, 0) is 21.2 Å². The molecule has 2 aromatic carbocycles. The van der Waals surface area contributed by atoms with Crippen LogP contribution in [-0.4, -0.2) is 35.0 Å². The van der Waals surface area contributed by atoms with E-state index in [0.29, 0.717) is 30.8 Å². The zero-order valence-corrected chi connectivity index (χ0v) is 19.1. The van der Waals surface area contributed by atoms with Gasteiger partial charge < -0.3 is 10.1 Å². The molecule has 0 spiro atoms. The molecule has 0 radical (unpaired) electrons. The third-order valence-electron chi connectivity index (χ3n) is 6.87. The SMILES string of the molecule is O=C(N1CCCC1(Oc1ccc(C(F)(F)F)cc1)C(=O)NC1CC1)C1(c2ccc(Cl)cc2)CC1. The molecular weight excluding hydrogens is 469 g/mol. The van der Waals surface area contributed by atoms with Crippen molar-refractivity contribution >= 4 is 23.4 Å². The Morgan fingerprint density at radius 3 is 2.21 bits per heavy atom. The normalized spacial score (nSPS) is 23.5. The Hall–Kier alpha value is -2.74. The molecule has 5 rings (SSSR count). The molecule has 0 bridgehead atoms. The number of nitrogens with one attached hydrogen (secondary N) is 1. The van der Waals surface area contributed by atoms with Gasteiger partial charge in [0.1, 0.15) is 5.75 Å². The number of hydrogen-bond acceptors (Lipinski definition) is 3. The molecule has 1 heterocycles. The smallest absolute Gasteiger partial charge is 0.416 e. The number of ether oxygens (including phenoxy) is 1. The van der Waals surface area contributed by atoms with Crippen LogP contribution in [0.2, 0.25) is 5.02 Å². The van der Waals surface area contributed by atoms with Crippen LogP contribution in [0.15, 0.2) is 48.5 Å². The number of hydrogen-bond donors (Lipinski definition) is 1. The highest BCUT2D eigenvalue weighted by atomic mass is 35.5. The topological polar surface area (TPSA) is 58.6 Å². The fourth-order valence-corrected chi connectivity index (χ4v) is 4.78. The molecule has 1 unspecified atom stereocenters. The van der Waals surface area contributed by atoms with E-state index in [4.69, 9.17) is 16.3 Å². The van der Waals surface area contributed by atoms with Crippen molar-refractivity contribution in [3.05, 3.63) is 64.7 Å². The minimum absolute atomic E-state index is 0.0317. The minimum atomic E-state index is -4.48. The summed E-state index contributed by atoms with van der Waals surface area (Å²) in [5.41, 5.74) is -2.33. The molecule has 2 aromatic rings. The zero-order chi connectivity index (χ0) is 24.1. The second kappa shape index (κ2) is 8.18. The summed E-state index contributed by atoms with van der Waals surface area (Å²) < 4.78 is 45.2. The van der Waals surface area contributed by atoms with E-state index in [1.54, 1.807) is 12.1 Å². The van der Waals surface area contributed by atoms with Crippen molar-refractivity contribution < 1.29 is 27.5 Å². The number of halogens is 4. The molecule has 2 amide bonds. The lowest BCUT2D eigenvalue weighted by atomic mass is 9.93. The van der Waals surface area contributed by atoms with Crippen LogP contribution in [0.1, 0.15) is 49.7 Å². The second-order valence-corrected chi connectivity index (χ2v) is 9.74. The molecule has 2 saturated carbocycles. The van der Waals surface area contributed by atoms with Gasteiger partial charge in [-0.25, -0.2) is 0 Å². The van der Waals surface area contributed by atoms with Crippen LogP contribution >= 0.6 is 11.6 Å². The summed E-state index contributed by atoms with van der Waals surface area (Å²) in [5.74, 6) is -0.521. The molecule has 0 aromatic heterocycles. The van der Waals surface area contributed by atoms with Crippen molar-refractivity contribution in [2.75, 3.05) is 6.54 Å². The molecule has 3 aliphatic rings. The number of likely N-dealkylation sites (tertiary alicyclic amines) is 1. The molecule has 3 fully saturated rings. The van der Waals surface area contributed by atoms with Gasteiger partial charge >= 0.3 is 6.18 Å². The first kappa shape index (κ1) is 23.0. The molecule has 1 atom stereocenters. The van der Waals surface area contributed by atoms with Crippen LogP contribution in [0.3, 0.4) is 0 Å². The largest absolute Gasteiger partial charge is 0.458 e. The summed E-state index contributed by atoms with van der Waals surface area (Å²) in [7, 11) is 0. The molecule has 5 nitrogen and oxygen atoms in total. The zero-order valence-electron chi connectivity index (χ0n) is 18.3. The van der Waals surface area contributed by atoms with Crippen LogP contribution in [0.5, 0.6) is 5.75 Å². The highest BCUT2D eigenvalue weighted by Crippen LogP contribution is 2.52. The number of carbonyl (C=O) groups excluding carboxylic acids is 2. The summed E-state index contributed by atoms with van der Waals surface area (Å²) in [5, 5.41) is 3.51. The monoisotopic (exact) mass is 492 g/mol. The van der Waals surface area contributed by atoms with Crippen molar-refractivity contribution in [2.24, 2.45) is 0 Å². The maximum atomic E-state index is 13.9. The number of amides is 2. The average Bonchev–Trinajstić information content (AvgIpc) is 3.73. The van der Waals surface area contributed by atoms with Crippen LogP contribution in [0, 0.1) is 0 Å². The highest BCUT2D eigenvalue weighted by molar-refractivity contribution is 6.30. The first-order chi connectivity index (χ1) is 16.1. The predicted octanol–water partition coefficient (Wildman–Crippen LogP) is 5.07. The van der Waals surface area contributed by atoms with E-state index >= 15 is 0 Å². The summed E-state index contributed by atoms with van der Waals surface area (Å²) in [4.78, 5) is 28.9. The fourth-order valence-electron chi connectivity index (χ4n) is 4.66. The Morgan fingerprint density at radius 2 is 1.65 bits per heavy atom. The Morgan fingerprint density at radius 1 is 1.00 bits per heavy atom. The Bertz CT molecular complexity index is 1100. The molecule has 1 aliphatic heterocycles. The van der Waals surface area contributed by atoms with Crippen LogP contribution < -0.4 is 10.1 Å². The second-order valence-electron chi connectivity index (χ2n) is 9.31. The highest BCUT2D eigenvalue weighted by Gasteiger charge is 2.61. The van der Waals surface area contributed by atoms with E-state index in [1.165, 1.54) is 17.0 Å². The van der Waals surface area contributed by atoms with E-state index in [-0.39, 0.29) is 24.1 Å². The maximum absolute atomic E-state index is 13.9. The number of nitrogens with zero attached hydrogens (tertiary/aromatic N) is 1. The lowest BCUT2D eigenvalue weighted by Crippen LogP contribution is -2.63. The molecule has 1 saturated heterocycles. The van der Waals surface area contributed by atoms with Crippen molar-refractivity contribution in [1.82, 2.24) is 10.2 Å². The third kappa shape index (κ3) is 4.13. The van der Waals surface area contributed by atoms with Gasteiger partial charge in [-0.15, -0.1) is 0 Å². The Labute approximate surface area is 200 Å². The van der Waals surface area contributed by atoms with Gasteiger partial charge in [0.2, 0.25) is 5.91 Å². The van der Waals surface area contributed by atoms with Gasteiger partial charge in [0.05, 0.1) is 11.0 Å². The summed E-state index contributed by atoms with van der Waals surface area (Å²) >= 11 is 6.02. The van der Waals surface area contributed by atoms with Gasteiger partial charge in [-0.2, -0.15) is 13.2 Å². The first-order valence-corrected chi connectivity index (χ1v) is 11.8. The van der Waals surface area contributed by atoms with Crippen molar-refractivity contribution in [1.29, 1.82) is 0 Å². The number of benzene rings is 2. The summed E-state index contributed by atoms with van der Waals surface area (Å²) in [6.45, 7) is 0.326. The number of carbonyl (C=O) groups is 2. The number of rotatable bonds is 6. The van der Waals surface area contributed by atoms with Crippen LogP contribution in [0.25, 0.3) is 0 Å². The molecule has 9 heteroatoms. The average molecular weight is 493 g/mol. The molecule has 2 aliphatic carbocycles. The van der Waals surface area contributed by atoms with E-state index in [1.807, 2.05) is 12.1 Å². The minimum Gasteiger partial charge on any atom is -0.458 e. The Kier molecular flexibility index (Phi) is 5.54. The number of alkyl halides is 3. The van der Waals surface area contributed by atoms with Crippen molar-refractivity contribution in [3.8, 4) is 5.75 Å². The standard InChI is InChI=1S/C25H24ClF3N2O3/c26-18-6-2-16(3-7-18)23(13-14-23)22(33)31-15-1-12-24(31,21(32)30-19-8-9-19)34-20-10-4-17(5-11-20)25(27,28)29/h2-7,10-11,19H,1,8-9,12-15H2,(H,30,32). The lowest BCUT2D eigenvalue weighted by molar-refractivity contribution is -0.165. The quantitative estimate of drug-likeness (QED) is 0.612.